The number of aromatic nitrogens is 2. The zero-order valence-electron chi connectivity index (χ0n) is 15.1. The van der Waals surface area contributed by atoms with Crippen LogP contribution in [0.4, 0.5) is 4.39 Å². The molecule has 6 nitrogen and oxygen atoms in total. The Morgan fingerprint density at radius 1 is 1.43 bits per heavy atom. The second-order valence-corrected chi connectivity index (χ2v) is 8.34. The zero-order valence-corrected chi connectivity index (χ0v) is 16.7. The Balaban J connectivity index is 1.53. The highest BCUT2D eigenvalue weighted by molar-refractivity contribution is 7.99. The van der Waals surface area contributed by atoms with Crippen LogP contribution in [0.1, 0.15) is 6.92 Å². The highest BCUT2D eigenvalue weighted by atomic mass is 32.2. The lowest BCUT2D eigenvalue weighted by Crippen LogP contribution is -2.45. The fourth-order valence-corrected chi connectivity index (χ4v) is 4.87. The van der Waals surface area contributed by atoms with E-state index in [4.69, 9.17) is 4.74 Å². The largest absolute Gasteiger partial charge is 0.375 e. The molecule has 28 heavy (non-hydrogen) atoms. The fraction of sp³-hybridized carbons (Fsp3) is 0.316. The standard InChI is InChI=1S/C19H18FN3O3S2/c1-11-8-23(6-7-26-11)15(24)10-28-19-21-17(25)16-14(9-27-18(16)22-19)12-2-4-13(20)5-3-12/h2-5,9,11H,6-8,10H2,1H3,(H,21,22,25)/t11-/m0/s1. The number of fused-ring (bicyclic) bond motifs is 1. The lowest BCUT2D eigenvalue weighted by atomic mass is 10.1. The molecule has 0 radical (unpaired) electrons. The number of benzene rings is 1. The van der Waals surface area contributed by atoms with Gasteiger partial charge in [0.25, 0.3) is 5.56 Å². The summed E-state index contributed by atoms with van der Waals surface area (Å²) < 4.78 is 18.6. The molecule has 2 aromatic heterocycles. The minimum Gasteiger partial charge on any atom is -0.375 e. The smallest absolute Gasteiger partial charge is 0.260 e. The number of carbonyl (C=O) groups excluding carboxylic acids is 1. The Bertz CT molecular complexity index is 1060. The summed E-state index contributed by atoms with van der Waals surface area (Å²) in [7, 11) is 0. The summed E-state index contributed by atoms with van der Waals surface area (Å²) in [6, 6.07) is 6.01. The topological polar surface area (TPSA) is 75.3 Å². The second-order valence-electron chi connectivity index (χ2n) is 6.52. The van der Waals surface area contributed by atoms with Gasteiger partial charge in [-0.25, -0.2) is 9.37 Å². The molecule has 1 fully saturated rings. The number of H-pyrrole nitrogens is 1. The third-order valence-electron chi connectivity index (χ3n) is 4.50. The molecule has 0 aliphatic carbocycles. The van der Waals surface area contributed by atoms with Gasteiger partial charge in [-0.15, -0.1) is 11.3 Å². The zero-order chi connectivity index (χ0) is 19.7. The molecule has 1 amide bonds. The molecule has 3 heterocycles. The van der Waals surface area contributed by atoms with Crippen molar-refractivity contribution in [1.82, 2.24) is 14.9 Å². The van der Waals surface area contributed by atoms with Gasteiger partial charge >= 0.3 is 0 Å². The number of hydrogen-bond acceptors (Lipinski definition) is 6. The van der Waals surface area contributed by atoms with Gasteiger partial charge in [-0.1, -0.05) is 23.9 Å². The fourth-order valence-electron chi connectivity index (χ4n) is 3.11. The van der Waals surface area contributed by atoms with Gasteiger partial charge in [0.05, 0.1) is 23.8 Å². The number of carbonyl (C=O) groups is 1. The summed E-state index contributed by atoms with van der Waals surface area (Å²) >= 11 is 2.57. The number of halogens is 1. The molecule has 4 rings (SSSR count). The summed E-state index contributed by atoms with van der Waals surface area (Å²) in [4.78, 5) is 34.6. The van der Waals surface area contributed by atoms with Gasteiger partial charge in [0.2, 0.25) is 5.91 Å². The number of thioether (sulfide) groups is 1. The van der Waals surface area contributed by atoms with Crippen molar-refractivity contribution in [3.05, 3.63) is 45.8 Å². The van der Waals surface area contributed by atoms with Crippen LogP contribution in [-0.2, 0) is 9.53 Å². The molecular formula is C19H18FN3O3S2. The van der Waals surface area contributed by atoms with Crippen LogP contribution in [-0.4, -0.2) is 52.3 Å². The number of amides is 1. The number of rotatable bonds is 4. The number of nitrogens with one attached hydrogen (secondary N) is 1. The van der Waals surface area contributed by atoms with Crippen LogP contribution in [0.2, 0.25) is 0 Å². The SMILES string of the molecule is C[C@H]1CN(C(=O)CSc2nc3scc(-c4ccc(F)cc4)c3c(=O)[nH]2)CCO1. The van der Waals surface area contributed by atoms with Gasteiger partial charge in [-0.05, 0) is 24.6 Å². The Hall–Kier alpha value is -2.23. The number of thiophene rings is 1. The Kier molecular flexibility index (Phi) is 5.47. The van der Waals surface area contributed by atoms with E-state index >= 15 is 0 Å². The first kappa shape index (κ1) is 19.1. The van der Waals surface area contributed by atoms with E-state index in [2.05, 4.69) is 9.97 Å². The first-order valence-electron chi connectivity index (χ1n) is 8.81. The van der Waals surface area contributed by atoms with Crippen LogP contribution in [0.5, 0.6) is 0 Å². The monoisotopic (exact) mass is 419 g/mol. The van der Waals surface area contributed by atoms with Crippen LogP contribution >= 0.6 is 23.1 Å². The number of ether oxygens (including phenoxy) is 1. The molecule has 1 saturated heterocycles. The third-order valence-corrected chi connectivity index (χ3v) is 6.23. The minimum atomic E-state index is -0.326. The van der Waals surface area contributed by atoms with Crippen molar-refractivity contribution >= 4 is 39.2 Å². The molecule has 0 bridgehead atoms. The van der Waals surface area contributed by atoms with Gasteiger partial charge in [0.15, 0.2) is 5.16 Å². The summed E-state index contributed by atoms with van der Waals surface area (Å²) in [6.45, 7) is 3.64. The summed E-state index contributed by atoms with van der Waals surface area (Å²) in [5.74, 6) is -0.119. The highest BCUT2D eigenvalue weighted by Crippen LogP contribution is 2.31. The van der Waals surface area contributed by atoms with Crippen molar-refractivity contribution < 1.29 is 13.9 Å². The van der Waals surface area contributed by atoms with Crippen molar-refractivity contribution in [2.45, 2.75) is 18.2 Å². The predicted molar refractivity (Wildman–Crippen MR) is 108 cm³/mol. The molecule has 1 aliphatic rings. The van der Waals surface area contributed by atoms with E-state index in [1.807, 2.05) is 12.3 Å². The summed E-state index contributed by atoms with van der Waals surface area (Å²) in [6.07, 6.45) is 0.0352. The lowest BCUT2D eigenvalue weighted by molar-refractivity contribution is -0.135. The number of aromatic amines is 1. The van der Waals surface area contributed by atoms with E-state index in [1.54, 1.807) is 17.0 Å². The molecule has 1 aliphatic heterocycles. The molecule has 1 aromatic carbocycles. The average Bonchev–Trinajstić information content (AvgIpc) is 3.11. The molecule has 0 saturated carbocycles. The van der Waals surface area contributed by atoms with Gasteiger partial charge in [0.1, 0.15) is 10.6 Å². The summed E-state index contributed by atoms with van der Waals surface area (Å²) in [5.41, 5.74) is 1.22. The maximum absolute atomic E-state index is 13.2. The Labute approximate surface area is 168 Å². The molecule has 0 unspecified atom stereocenters. The molecular weight excluding hydrogens is 401 g/mol. The highest BCUT2D eigenvalue weighted by Gasteiger charge is 2.22. The molecule has 3 aromatic rings. The molecule has 146 valence electrons. The third kappa shape index (κ3) is 3.96. The van der Waals surface area contributed by atoms with E-state index in [9.17, 15) is 14.0 Å². The van der Waals surface area contributed by atoms with Crippen LogP contribution in [0.3, 0.4) is 0 Å². The van der Waals surface area contributed by atoms with Crippen molar-refractivity contribution in [2.24, 2.45) is 0 Å². The first-order chi connectivity index (χ1) is 13.5. The van der Waals surface area contributed by atoms with Gasteiger partial charge in [-0.2, -0.15) is 0 Å². The van der Waals surface area contributed by atoms with E-state index in [0.29, 0.717) is 35.1 Å². The minimum absolute atomic E-state index is 0.000997. The second kappa shape index (κ2) is 8.02. The van der Waals surface area contributed by atoms with Crippen LogP contribution in [0.15, 0.2) is 39.6 Å². The van der Waals surface area contributed by atoms with E-state index in [1.165, 1.54) is 35.2 Å². The van der Waals surface area contributed by atoms with Gasteiger partial charge < -0.3 is 14.6 Å². The van der Waals surface area contributed by atoms with Crippen molar-refractivity contribution in [3.63, 3.8) is 0 Å². The Morgan fingerprint density at radius 3 is 2.96 bits per heavy atom. The van der Waals surface area contributed by atoms with Crippen LogP contribution in [0.25, 0.3) is 21.3 Å². The molecule has 9 heteroatoms. The van der Waals surface area contributed by atoms with E-state index < -0.39 is 0 Å². The van der Waals surface area contributed by atoms with Gasteiger partial charge in [-0.3, -0.25) is 9.59 Å². The van der Waals surface area contributed by atoms with Crippen LogP contribution in [0, 0.1) is 5.82 Å². The first-order valence-corrected chi connectivity index (χ1v) is 10.7. The predicted octanol–water partition coefficient (Wildman–Crippen LogP) is 3.13. The number of hydrogen-bond donors (Lipinski definition) is 1. The Morgan fingerprint density at radius 2 is 2.21 bits per heavy atom. The number of morpholine rings is 1. The molecule has 0 spiro atoms. The quantitative estimate of drug-likeness (QED) is 0.519. The van der Waals surface area contributed by atoms with Crippen molar-refractivity contribution in [2.75, 3.05) is 25.4 Å². The van der Waals surface area contributed by atoms with E-state index in [-0.39, 0.29) is 29.1 Å². The summed E-state index contributed by atoms with van der Waals surface area (Å²) in [5, 5.41) is 2.74. The maximum Gasteiger partial charge on any atom is 0.260 e. The van der Waals surface area contributed by atoms with E-state index in [0.717, 1.165) is 11.1 Å². The maximum atomic E-state index is 13.2. The van der Waals surface area contributed by atoms with Crippen LogP contribution < -0.4 is 5.56 Å². The van der Waals surface area contributed by atoms with Crippen molar-refractivity contribution in [1.29, 1.82) is 0 Å². The molecule has 1 N–H and O–H groups in total. The lowest BCUT2D eigenvalue weighted by Gasteiger charge is -2.31. The normalized spacial score (nSPS) is 17.2. The average molecular weight is 420 g/mol. The number of nitrogens with zero attached hydrogens (tertiary/aromatic N) is 2. The van der Waals surface area contributed by atoms with Gasteiger partial charge in [0, 0.05) is 24.0 Å². The van der Waals surface area contributed by atoms with Crippen molar-refractivity contribution in [3.8, 4) is 11.1 Å². The molecule has 1 atom stereocenters.